The van der Waals surface area contributed by atoms with Crippen molar-refractivity contribution in [2.75, 3.05) is 25.9 Å². The van der Waals surface area contributed by atoms with Crippen LogP contribution < -0.4 is 16.4 Å². The van der Waals surface area contributed by atoms with Gasteiger partial charge in [-0.3, -0.25) is 43.3 Å². The van der Waals surface area contributed by atoms with Gasteiger partial charge in [0.1, 0.15) is 24.2 Å². The molecule has 0 aromatic rings. The molecule has 2 heterocycles. The van der Waals surface area contributed by atoms with Crippen molar-refractivity contribution in [2.45, 2.75) is 122 Å². The van der Waals surface area contributed by atoms with Crippen LogP contribution in [0.5, 0.6) is 0 Å². The van der Waals surface area contributed by atoms with E-state index < -0.39 is 101 Å². The van der Waals surface area contributed by atoms with Gasteiger partial charge in [0.05, 0.1) is 11.3 Å². The molecule has 55 heavy (non-hydrogen) atoms. The van der Waals surface area contributed by atoms with E-state index in [0.717, 1.165) is 16.7 Å². The van der Waals surface area contributed by atoms with Crippen LogP contribution in [-0.2, 0) is 43.2 Å². The van der Waals surface area contributed by atoms with Crippen LogP contribution in [0, 0.1) is 11.3 Å². The Kier molecular flexibility index (Phi) is 17.3. The van der Waals surface area contributed by atoms with Crippen LogP contribution in [0.4, 0.5) is 0 Å². The van der Waals surface area contributed by atoms with E-state index in [4.69, 9.17) is 15.9 Å². The molecular formula is C36H56N6O12S. The van der Waals surface area contributed by atoms with Crippen molar-refractivity contribution in [2.24, 2.45) is 17.1 Å². The van der Waals surface area contributed by atoms with Crippen molar-refractivity contribution in [3.05, 3.63) is 11.6 Å². The zero-order chi connectivity index (χ0) is 41.9. The third kappa shape index (κ3) is 13.3. The maximum Gasteiger partial charge on any atom is 0.326 e. The number of nitrogens with one attached hydrogen (secondary N) is 2. The molecule has 0 saturated carbocycles. The zero-order valence-corrected chi connectivity index (χ0v) is 33.3. The molecule has 2 saturated heterocycles. The Morgan fingerprint density at radius 2 is 1.64 bits per heavy atom. The summed E-state index contributed by atoms with van der Waals surface area (Å²) in [5, 5.41) is 31.8. The predicted octanol–water partition coefficient (Wildman–Crippen LogP) is 0.425. The van der Waals surface area contributed by atoms with Gasteiger partial charge in [-0.2, -0.15) is 0 Å². The molecule has 6 amide bonds. The summed E-state index contributed by atoms with van der Waals surface area (Å²) in [4.78, 5) is 117. The summed E-state index contributed by atoms with van der Waals surface area (Å²) < 4.78 is 0. The third-order valence-electron chi connectivity index (χ3n) is 9.58. The van der Waals surface area contributed by atoms with Crippen molar-refractivity contribution in [3.8, 4) is 0 Å². The number of hydrogen-bond donors (Lipinski definition) is 6. The number of carboxylic acid groups (broad SMARTS) is 3. The number of imide groups is 1. The number of likely N-dealkylation sites (N-methyl/N-ethyl adjacent to an activating group) is 1. The largest absolute Gasteiger partial charge is 0.481 e. The van der Waals surface area contributed by atoms with Gasteiger partial charge in [-0.15, -0.1) is 11.8 Å². The number of carbonyl (C=O) groups excluding carboxylic acids is 6. The average Bonchev–Trinajstić information content (AvgIpc) is 3.37. The summed E-state index contributed by atoms with van der Waals surface area (Å²) in [5.74, 6) is -7.40. The monoisotopic (exact) mass is 796 g/mol. The molecule has 0 radical (unpaired) electrons. The van der Waals surface area contributed by atoms with E-state index in [0.29, 0.717) is 19.3 Å². The smallest absolute Gasteiger partial charge is 0.326 e. The quantitative estimate of drug-likeness (QED) is 0.0764. The van der Waals surface area contributed by atoms with E-state index in [1.54, 1.807) is 20.8 Å². The van der Waals surface area contributed by atoms with E-state index in [1.807, 2.05) is 13.8 Å². The highest BCUT2D eigenvalue weighted by atomic mass is 32.2. The molecule has 2 aliphatic heterocycles. The molecule has 0 aromatic heterocycles. The molecule has 2 rings (SSSR count). The number of nitrogens with zero attached hydrogens (tertiary/aromatic N) is 3. The molecule has 2 unspecified atom stereocenters. The van der Waals surface area contributed by atoms with Crippen molar-refractivity contribution >= 4 is 65.1 Å². The summed E-state index contributed by atoms with van der Waals surface area (Å²) in [5.41, 5.74) is 4.80. The van der Waals surface area contributed by atoms with Gasteiger partial charge >= 0.3 is 17.9 Å². The number of thioether (sulfide) groups is 1. The summed E-state index contributed by atoms with van der Waals surface area (Å²) in [6.45, 7) is 10.4. The van der Waals surface area contributed by atoms with Crippen molar-refractivity contribution < 1.29 is 58.5 Å². The Labute approximate surface area is 324 Å². The van der Waals surface area contributed by atoms with E-state index in [2.05, 4.69) is 10.6 Å². The second kappa shape index (κ2) is 20.4. The highest BCUT2D eigenvalue weighted by Crippen LogP contribution is 2.28. The number of carboxylic acids is 3. The maximum atomic E-state index is 14.2. The lowest BCUT2D eigenvalue weighted by molar-refractivity contribution is -0.146. The predicted molar refractivity (Wildman–Crippen MR) is 200 cm³/mol. The van der Waals surface area contributed by atoms with Gasteiger partial charge in [0.15, 0.2) is 0 Å². The SMILES string of the molecule is C/C(=C\[C@H](C(C)C)N(C)C(=O)C(NC(=O)[C@H]1CCCCN1C(=O)CCN1C(=O)CC(SC[C@H](N)C(=O)O)C1=O)C(C)(C)C)C(=O)N[C@H](CCC(=O)O)C(=O)O. The van der Waals surface area contributed by atoms with Crippen LogP contribution in [0.3, 0.4) is 0 Å². The Morgan fingerprint density at radius 3 is 2.18 bits per heavy atom. The van der Waals surface area contributed by atoms with Gasteiger partial charge in [0.2, 0.25) is 35.4 Å². The standard InChI is InChI=1S/C36H56N6O12S/c1-19(2)24(16-20(3)30(47)38-22(35(53)54)11-12-28(45)46)40(7)33(50)29(36(4,5)6)39-31(48)23-10-8-9-14-41(23)26(43)13-15-42-27(44)17-25(32(42)49)55-18-21(37)34(51)52/h16,19,21-25,29H,8-15,17-18,37H2,1-7H3,(H,38,47)(H,39,48)(H,45,46)(H,51,52)(H,53,54)/b20-16+/t21-,22+,23+,24+,25?,29?/m0/s1. The summed E-state index contributed by atoms with van der Waals surface area (Å²) in [6, 6.07) is -5.32. The number of rotatable bonds is 19. The molecule has 0 spiro atoms. The lowest BCUT2D eigenvalue weighted by Gasteiger charge is -2.40. The summed E-state index contributed by atoms with van der Waals surface area (Å²) in [7, 11) is 1.52. The first-order chi connectivity index (χ1) is 25.5. The van der Waals surface area contributed by atoms with Crippen molar-refractivity contribution in [3.63, 3.8) is 0 Å². The molecule has 0 aliphatic carbocycles. The molecule has 0 aromatic carbocycles. The van der Waals surface area contributed by atoms with Crippen molar-refractivity contribution in [1.29, 1.82) is 0 Å². The topological polar surface area (TPSA) is 274 Å². The van der Waals surface area contributed by atoms with E-state index >= 15 is 0 Å². The van der Waals surface area contributed by atoms with Gasteiger partial charge in [0, 0.05) is 50.7 Å². The molecule has 19 heteroatoms. The number of likely N-dealkylation sites (tertiary alicyclic amines) is 2. The normalized spacial score (nSPS) is 20.1. The van der Waals surface area contributed by atoms with Crippen LogP contribution in [0.15, 0.2) is 11.6 Å². The second-order valence-corrected chi connectivity index (χ2v) is 16.6. The number of hydrogen-bond acceptors (Lipinski definition) is 11. The first-order valence-corrected chi connectivity index (χ1v) is 19.3. The first-order valence-electron chi connectivity index (χ1n) is 18.2. The zero-order valence-electron chi connectivity index (χ0n) is 32.5. The number of nitrogens with two attached hydrogens (primary N) is 1. The highest BCUT2D eigenvalue weighted by Gasteiger charge is 2.42. The molecule has 6 atom stereocenters. The maximum absolute atomic E-state index is 14.2. The highest BCUT2D eigenvalue weighted by molar-refractivity contribution is 8.00. The molecular weight excluding hydrogens is 740 g/mol. The van der Waals surface area contributed by atoms with Gasteiger partial charge in [0.25, 0.3) is 0 Å². The Hall–Kier alpha value is -4.52. The van der Waals surface area contributed by atoms with Crippen molar-refractivity contribution in [1.82, 2.24) is 25.3 Å². The van der Waals surface area contributed by atoms with Crippen LogP contribution in [0.1, 0.15) is 86.5 Å². The van der Waals surface area contributed by atoms with Crippen LogP contribution in [0.25, 0.3) is 0 Å². The fourth-order valence-electron chi connectivity index (χ4n) is 6.28. The molecule has 308 valence electrons. The minimum Gasteiger partial charge on any atom is -0.481 e. The fourth-order valence-corrected chi connectivity index (χ4v) is 7.39. The number of piperidine rings is 1. The number of amides is 6. The van der Waals surface area contributed by atoms with Gasteiger partial charge < -0.3 is 41.5 Å². The molecule has 7 N–H and O–H groups in total. The average molecular weight is 797 g/mol. The Balaban J connectivity index is 2.18. The Morgan fingerprint density at radius 1 is 1.00 bits per heavy atom. The van der Waals surface area contributed by atoms with Gasteiger partial charge in [-0.05, 0) is 43.9 Å². The fraction of sp³-hybridized carbons (Fsp3) is 0.694. The molecule has 0 bridgehead atoms. The van der Waals surface area contributed by atoms with Gasteiger partial charge in [-0.1, -0.05) is 40.7 Å². The number of aliphatic carboxylic acids is 3. The van der Waals surface area contributed by atoms with Gasteiger partial charge in [-0.25, -0.2) is 4.79 Å². The first kappa shape index (κ1) is 46.6. The minimum absolute atomic E-state index is 0.0671. The van der Waals surface area contributed by atoms with E-state index in [9.17, 15) is 48.3 Å². The second-order valence-electron chi connectivity index (χ2n) is 15.3. The molecule has 2 fully saturated rings. The molecule has 18 nitrogen and oxygen atoms in total. The lowest BCUT2D eigenvalue weighted by atomic mass is 9.84. The van der Waals surface area contributed by atoms with Crippen LogP contribution in [0.2, 0.25) is 0 Å². The lowest BCUT2D eigenvalue weighted by Crippen LogP contribution is -2.60. The van der Waals surface area contributed by atoms with Crippen LogP contribution in [-0.4, -0.2) is 145 Å². The minimum atomic E-state index is -1.44. The van der Waals surface area contributed by atoms with E-state index in [1.165, 1.54) is 29.8 Å². The summed E-state index contributed by atoms with van der Waals surface area (Å²) in [6.07, 6.45) is 1.92. The molecule has 2 aliphatic rings. The Bertz CT molecular complexity index is 1530. The van der Waals surface area contributed by atoms with Crippen LogP contribution >= 0.6 is 11.8 Å². The summed E-state index contributed by atoms with van der Waals surface area (Å²) >= 11 is 0.973. The number of carbonyl (C=O) groups is 9. The van der Waals surface area contributed by atoms with E-state index in [-0.39, 0.29) is 49.6 Å². The third-order valence-corrected chi connectivity index (χ3v) is 10.9.